The minimum atomic E-state index is -0.0199. The van der Waals surface area contributed by atoms with Gasteiger partial charge in [0.05, 0.1) is 6.61 Å². The summed E-state index contributed by atoms with van der Waals surface area (Å²) in [6, 6.07) is 7.96. The van der Waals surface area contributed by atoms with Crippen LogP contribution in [0, 0.1) is 5.92 Å². The molecule has 0 spiro atoms. The van der Waals surface area contributed by atoms with Gasteiger partial charge in [-0.1, -0.05) is 19.9 Å². The highest BCUT2D eigenvalue weighted by Crippen LogP contribution is 2.16. The average Bonchev–Trinajstić information content (AvgIpc) is 2.36. The first-order chi connectivity index (χ1) is 9.02. The lowest BCUT2D eigenvalue weighted by Gasteiger charge is -2.16. The van der Waals surface area contributed by atoms with Gasteiger partial charge in [-0.3, -0.25) is 4.79 Å². The summed E-state index contributed by atoms with van der Waals surface area (Å²) in [6.07, 6.45) is 0. The van der Waals surface area contributed by atoms with Gasteiger partial charge in [0.2, 0.25) is 5.91 Å². The van der Waals surface area contributed by atoms with Crippen molar-refractivity contribution in [3.8, 4) is 0 Å². The van der Waals surface area contributed by atoms with Gasteiger partial charge < -0.3 is 15.4 Å². The molecule has 0 bridgehead atoms. The maximum absolute atomic E-state index is 11.6. The van der Waals surface area contributed by atoms with E-state index >= 15 is 0 Å². The third-order valence-corrected chi connectivity index (χ3v) is 2.64. The molecule has 1 amide bonds. The second-order valence-corrected chi connectivity index (χ2v) is 4.93. The number of carbonyl (C=O) groups excluding carboxylic acids is 1. The fourth-order valence-electron chi connectivity index (χ4n) is 1.59. The van der Waals surface area contributed by atoms with Crippen LogP contribution in [0.25, 0.3) is 0 Å². The zero-order valence-corrected chi connectivity index (χ0v) is 12.2. The maximum atomic E-state index is 11.6. The number of nitrogens with one attached hydrogen (secondary N) is 2. The van der Waals surface area contributed by atoms with Crippen LogP contribution in [-0.2, 0) is 9.53 Å². The molecule has 4 nitrogen and oxygen atoms in total. The summed E-state index contributed by atoms with van der Waals surface area (Å²) < 4.78 is 5.36. The first kappa shape index (κ1) is 15.5. The van der Waals surface area contributed by atoms with Crippen LogP contribution < -0.4 is 10.6 Å². The van der Waals surface area contributed by atoms with Gasteiger partial charge in [-0.15, -0.1) is 0 Å². The molecule has 1 aromatic rings. The lowest BCUT2D eigenvalue weighted by Crippen LogP contribution is -2.22. The number of hydrogen-bond acceptors (Lipinski definition) is 3. The van der Waals surface area contributed by atoms with Crippen molar-refractivity contribution in [2.45, 2.75) is 33.7 Å². The van der Waals surface area contributed by atoms with Crippen LogP contribution in [0.4, 0.5) is 11.4 Å². The van der Waals surface area contributed by atoms with Crippen molar-refractivity contribution >= 4 is 17.3 Å². The van der Waals surface area contributed by atoms with Crippen molar-refractivity contribution in [2.24, 2.45) is 5.92 Å². The molecular weight excluding hydrogens is 240 g/mol. The van der Waals surface area contributed by atoms with E-state index in [0.717, 1.165) is 18.0 Å². The molecule has 19 heavy (non-hydrogen) atoms. The Balaban J connectivity index is 2.59. The molecule has 0 saturated heterocycles. The van der Waals surface area contributed by atoms with Gasteiger partial charge >= 0.3 is 0 Å². The minimum Gasteiger partial charge on any atom is -0.380 e. The predicted molar refractivity (Wildman–Crippen MR) is 79.5 cm³/mol. The zero-order valence-electron chi connectivity index (χ0n) is 12.2. The highest BCUT2D eigenvalue weighted by molar-refractivity contribution is 5.92. The molecule has 0 fully saturated rings. The largest absolute Gasteiger partial charge is 0.380 e. The highest BCUT2D eigenvalue weighted by Gasteiger charge is 2.08. The molecule has 1 rings (SSSR count). The Hall–Kier alpha value is -1.55. The Labute approximate surface area is 115 Å². The first-order valence-electron chi connectivity index (χ1n) is 6.78. The van der Waals surface area contributed by atoms with Crippen molar-refractivity contribution in [1.82, 2.24) is 0 Å². The number of carbonyl (C=O) groups is 1. The third kappa shape index (κ3) is 5.75. The fourth-order valence-corrected chi connectivity index (χ4v) is 1.59. The Bertz CT molecular complexity index is 405. The van der Waals surface area contributed by atoms with Crippen LogP contribution in [0.15, 0.2) is 24.3 Å². The molecule has 0 aliphatic heterocycles. The second-order valence-electron chi connectivity index (χ2n) is 4.93. The van der Waals surface area contributed by atoms with Gasteiger partial charge in [-0.05, 0) is 32.0 Å². The SMILES string of the molecule is CCOCC(C)Nc1cccc(NC(=O)C(C)C)c1. The summed E-state index contributed by atoms with van der Waals surface area (Å²) in [5, 5.41) is 6.23. The summed E-state index contributed by atoms with van der Waals surface area (Å²) in [5.41, 5.74) is 1.79. The molecule has 0 heterocycles. The number of benzene rings is 1. The van der Waals surface area contributed by atoms with E-state index in [9.17, 15) is 4.79 Å². The molecule has 0 aromatic heterocycles. The van der Waals surface area contributed by atoms with Crippen LogP contribution in [0.3, 0.4) is 0 Å². The first-order valence-corrected chi connectivity index (χ1v) is 6.78. The highest BCUT2D eigenvalue weighted by atomic mass is 16.5. The van der Waals surface area contributed by atoms with E-state index in [1.54, 1.807) is 0 Å². The standard InChI is InChI=1S/C15H24N2O2/c1-5-19-10-12(4)16-13-7-6-8-14(9-13)17-15(18)11(2)3/h6-9,11-12,16H,5,10H2,1-4H3,(H,17,18). The number of hydrogen-bond donors (Lipinski definition) is 2. The van der Waals surface area contributed by atoms with Crippen LogP contribution >= 0.6 is 0 Å². The molecule has 1 aromatic carbocycles. The summed E-state index contributed by atoms with van der Waals surface area (Å²) in [6.45, 7) is 9.18. The Morgan fingerprint density at radius 1 is 1.26 bits per heavy atom. The normalized spacial score (nSPS) is 12.3. The van der Waals surface area contributed by atoms with Crippen molar-refractivity contribution < 1.29 is 9.53 Å². The number of anilines is 2. The van der Waals surface area contributed by atoms with Crippen molar-refractivity contribution in [2.75, 3.05) is 23.8 Å². The molecule has 1 unspecified atom stereocenters. The van der Waals surface area contributed by atoms with Crippen LogP contribution in [0.5, 0.6) is 0 Å². The van der Waals surface area contributed by atoms with E-state index in [-0.39, 0.29) is 17.9 Å². The average molecular weight is 264 g/mol. The Morgan fingerprint density at radius 2 is 1.95 bits per heavy atom. The van der Waals surface area contributed by atoms with E-state index in [1.165, 1.54) is 0 Å². The van der Waals surface area contributed by atoms with Gasteiger partial charge in [-0.2, -0.15) is 0 Å². The Kier molecular flexibility index (Phi) is 6.36. The van der Waals surface area contributed by atoms with Crippen molar-refractivity contribution in [1.29, 1.82) is 0 Å². The summed E-state index contributed by atoms with van der Waals surface area (Å²) in [5.74, 6) is 0.00741. The van der Waals surface area contributed by atoms with Gasteiger partial charge in [0.15, 0.2) is 0 Å². The van der Waals surface area contributed by atoms with Crippen molar-refractivity contribution in [3.63, 3.8) is 0 Å². The van der Waals surface area contributed by atoms with Gasteiger partial charge in [-0.25, -0.2) is 0 Å². The van der Waals surface area contributed by atoms with E-state index in [1.807, 2.05) is 45.0 Å². The quantitative estimate of drug-likeness (QED) is 0.795. The second kappa shape index (κ2) is 7.79. The molecule has 0 radical (unpaired) electrons. The monoisotopic (exact) mass is 264 g/mol. The minimum absolute atomic E-state index is 0.0199. The van der Waals surface area contributed by atoms with Gasteiger partial charge in [0.1, 0.15) is 0 Å². The number of rotatable bonds is 7. The van der Waals surface area contributed by atoms with E-state index in [4.69, 9.17) is 4.74 Å². The summed E-state index contributed by atoms with van der Waals surface area (Å²) >= 11 is 0. The van der Waals surface area contributed by atoms with Crippen LogP contribution in [0.1, 0.15) is 27.7 Å². The van der Waals surface area contributed by atoms with Crippen LogP contribution in [-0.4, -0.2) is 25.2 Å². The number of ether oxygens (including phenoxy) is 1. The van der Waals surface area contributed by atoms with E-state index in [0.29, 0.717) is 6.61 Å². The molecule has 0 aliphatic carbocycles. The molecule has 0 aliphatic rings. The molecular formula is C15H24N2O2. The fraction of sp³-hybridized carbons (Fsp3) is 0.533. The van der Waals surface area contributed by atoms with E-state index in [2.05, 4.69) is 17.6 Å². The topological polar surface area (TPSA) is 50.4 Å². The van der Waals surface area contributed by atoms with Crippen LogP contribution in [0.2, 0.25) is 0 Å². The van der Waals surface area contributed by atoms with Gasteiger partial charge in [0, 0.05) is 29.9 Å². The predicted octanol–water partition coefficient (Wildman–Crippen LogP) is 3.12. The zero-order chi connectivity index (χ0) is 14.3. The Morgan fingerprint density at radius 3 is 2.58 bits per heavy atom. The number of amides is 1. The van der Waals surface area contributed by atoms with E-state index < -0.39 is 0 Å². The molecule has 106 valence electrons. The summed E-state index contributed by atoms with van der Waals surface area (Å²) in [4.78, 5) is 11.6. The summed E-state index contributed by atoms with van der Waals surface area (Å²) in [7, 11) is 0. The van der Waals surface area contributed by atoms with Gasteiger partial charge in [0.25, 0.3) is 0 Å². The molecule has 4 heteroatoms. The maximum Gasteiger partial charge on any atom is 0.226 e. The lowest BCUT2D eigenvalue weighted by atomic mass is 10.2. The third-order valence-electron chi connectivity index (χ3n) is 2.64. The molecule has 1 atom stereocenters. The lowest BCUT2D eigenvalue weighted by molar-refractivity contribution is -0.118. The molecule has 0 saturated carbocycles. The smallest absolute Gasteiger partial charge is 0.226 e. The van der Waals surface area contributed by atoms with Crippen molar-refractivity contribution in [3.05, 3.63) is 24.3 Å². The molecule has 2 N–H and O–H groups in total.